The lowest BCUT2D eigenvalue weighted by atomic mass is 10.1. The number of phenols is 1. The van der Waals surface area contributed by atoms with Crippen LogP contribution in [-0.4, -0.2) is 41.3 Å². The molecule has 0 aliphatic carbocycles. The number of nitrogens with one attached hydrogen (secondary N) is 1. The second kappa shape index (κ2) is 7.21. The number of aromatic nitrogens is 1. The van der Waals surface area contributed by atoms with E-state index in [9.17, 15) is 19.5 Å². The number of ketones is 2. The summed E-state index contributed by atoms with van der Waals surface area (Å²) < 4.78 is 9.90. The Balaban J connectivity index is 2.14. The fourth-order valence-corrected chi connectivity index (χ4v) is 2.69. The predicted octanol–water partition coefficient (Wildman–Crippen LogP) is 2.59. The third kappa shape index (κ3) is 3.55. The zero-order valence-corrected chi connectivity index (χ0v) is 14.4. The maximum atomic E-state index is 12.3. The Bertz CT molecular complexity index is 849. The fraction of sp³-hybridized carbons (Fsp3) is 0.278. The molecule has 132 valence electrons. The molecule has 0 atom stereocenters. The SMILES string of the molecule is COc1cccc(C(=O)OCC(=O)c2[nH]c(C)c(C(C)=O)c2C)c1O. The average molecular weight is 345 g/mol. The second-order valence-corrected chi connectivity index (χ2v) is 5.54. The van der Waals surface area contributed by atoms with Crippen LogP contribution in [-0.2, 0) is 4.74 Å². The number of benzene rings is 1. The summed E-state index contributed by atoms with van der Waals surface area (Å²) >= 11 is 0. The third-order valence-corrected chi connectivity index (χ3v) is 3.84. The number of para-hydroxylation sites is 1. The number of aryl methyl sites for hydroxylation is 1. The second-order valence-electron chi connectivity index (χ2n) is 5.54. The number of aromatic amines is 1. The van der Waals surface area contributed by atoms with Crippen molar-refractivity contribution in [2.75, 3.05) is 13.7 Å². The lowest BCUT2D eigenvalue weighted by Crippen LogP contribution is -2.15. The highest BCUT2D eigenvalue weighted by Gasteiger charge is 2.22. The molecule has 0 aliphatic heterocycles. The summed E-state index contributed by atoms with van der Waals surface area (Å²) in [6.07, 6.45) is 0. The van der Waals surface area contributed by atoms with Gasteiger partial charge >= 0.3 is 5.97 Å². The van der Waals surface area contributed by atoms with Gasteiger partial charge in [0.05, 0.1) is 12.8 Å². The average Bonchev–Trinajstić information content (AvgIpc) is 2.87. The van der Waals surface area contributed by atoms with Crippen LogP contribution in [0.3, 0.4) is 0 Å². The fourth-order valence-electron chi connectivity index (χ4n) is 2.69. The van der Waals surface area contributed by atoms with Gasteiger partial charge in [0.1, 0.15) is 5.56 Å². The topological polar surface area (TPSA) is 106 Å². The number of carbonyl (C=O) groups is 3. The van der Waals surface area contributed by atoms with Crippen LogP contribution < -0.4 is 4.74 Å². The smallest absolute Gasteiger partial charge is 0.342 e. The molecular formula is C18H19NO6. The quantitative estimate of drug-likeness (QED) is 0.616. The first-order chi connectivity index (χ1) is 11.8. The molecule has 0 radical (unpaired) electrons. The summed E-state index contributed by atoms with van der Waals surface area (Å²) in [5, 5.41) is 9.93. The highest BCUT2D eigenvalue weighted by molar-refractivity contribution is 6.04. The molecule has 0 amide bonds. The monoisotopic (exact) mass is 345 g/mol. The van der Waals surface area contributed by atoms with Crippen LogP contribution in [0.25, 0.3) is 0 Å². The molecule has 1 aromatic heterocycles. The molecule has 7 nitrogen and oxygen atoms in total. The van der Waals surface area contributed by atoms with Crippen molar-refractivity contribution in [1.29, 1.82) is 0 Å². The van der Waals surface area contributed by atoms with E-state index >= 15 is 0 Å². The molecule has 2 N–H and O–H groups in total. The van der Waals surface area contributed by atoms with E-state index in [1.807, 2.05) is 0 Å². The third-order valence-electron chi connectivity index (χ3n) is 3.84. The van der Waals surface area contributed by atoms with Gasteiger partial charge in [-0.1, -0.05) is 6.07 Å². The van der Waals surface area contributed by atoms with Gasteiger partial charge in [-0.15, -0.1) is 0 Å². The molecule has 0 unspecified atom stereocenters. The summed E-state index contributed by atoms with van der Waals surface area (Å²) in [7, 11) is 1.36. The van der Waals surface area contributed by atoms with E-state index in [0.29, 0.717) is 16.8 Å². The van der Waals surface area contributed by atoms with Gasteiger partial charge in [-0.3, -0.25) is 9.59 Å². The van der Waals surface area contributed by atoms with Gasteiger partial charge < -0.3 is 19.6 Å². The maximum Gasteiger partial charge on any atom is 0.342 e. The van der Waals surface area contributed by atoms with Gasteiger partial charge in [0.2, 0.25) is 5.78 Å². The molecular weight excluding hydrogens is 326 g/mol. The molecule has 2 aromatic rings. The Morgan fingerprint density at radius 2 is 1.88 bits per heavy atom. The number of Topliss-reactive ketones (excluding diaryl/α,β-unsaturated/α-hetero) is 2. The lowest BCUT2D eigenvalue weighted by Gasteiger charge is -2.08. The maximum absolute atomic E-state index is 12.3. The van der Waals surface area contributed by atoms with Crippen LogP contribution in [0.15, 0.2) is 18.2 Å². The molecule has 2 rings (SSSR count). The zero-order chi connectivity index (χ0) is 18.7. The molecule has 0 bridgehead atoms. The minimum Gasteiger partial charge on any atom is -0.504 e. The first kappa shape index (κ1) is 18.3. The number of methoxy groups -OCH3 is 1. The van der Waals surface area contributed by atoms with Crippen LogP contribution in [0.5, 0.6) is 11.5 Å². The van der Waals surface area contributed by atoms with Crippen molar-refractivity contribution in [2.45, 2.75) is 20.8 Å². The van der Waals surface area contributed by atoms with Crippen LogP contribution in [0.2, 0.25) is 0 Å². The van der Waals surface area contributed by atoms with Gasteiger partial charge in [-0.05, 0) is 38.5 Å². The molecule has 1 aromatic carbocycles. The van der Waals surface area contributed by atoms with Crippen LogP contribution in [0, 0.1) is 13.8 Å². The summed E-state index contributed by atoms with van der Waals surface area (Å²) in [6.45, 7) is 4.25. The van der Waals surface area contributed by atoms with E-state index in [4.69, 9.17) is 9.47 Å². The van der Waals surface area contributed by atoms with Gasteiger partial charge in [0.25, 0.3) is 0 Å². The van der Waals surface area contributed by atoms with E-state index in [1.165, 1.54) is 32.2 Å². The number of carbonyl (C=O) groups excluding carboxylic acids is 3. The van der Waals surface area contributed by atoms with Crippen molar-refractivity contribution in [3.63, 3.8) is 0 Å². The van der Waals surface area contributed by atoms with Crippen LogP contribution in [0.1, 0.15) is 49.4 Å². The lowest BCUT2D eigenvalue weighted by molar-refractivity contribution is 0.0470. The molecule has 0 saturated heterocycles. The minimum absolute atomic E-state index is 0.101. The van der Waals surface area contributed by atoms with E-state index in [-0.39, 0.29) is 28.5 Å². The number of esters is 1. The van der Waals surface area contributed by atoms with E-state index < -0.39 is 18.4 Å². The molecule has 0 aliphatic rings. The zero-order valence-electron chi connectivity index (χ0n) is 14.4. The standard InChI is InChI=1S/C18H19NO6/c1-9-15(11(3)20)10(2)19-16(9)13(21)8-25-18(23)12-6-5-7-14(24-4)17(12)22/h5-7,19,22H,8H2,1-4H3. The Hall–Kier alpha value is -3.09. The van der Waals surface area contributed by atoms with Crippen molar-refractivity contribution < 1.29 is 29.0 Å². The predicted molar refractivity (Wildman–Crippen MR) is 89.5 cm³/mol. The van der Waals surface area contributed by atoms with Crippen molar-refractivity contribution in [2.24, 2.45) is 0 Å². The number of ether oxygens (including phenoxy) is 2. The molecule has 7 heteroatoms. The summed E-state index contributed by atoms with van der Waals surface area (Å²) in [5.41, 5.74) is 1.70. The van der Waals surface area contributed by atoms with Crippen LogP contribution in [0.4, 0.5) is 0 Å². The Morgan fingerprint density at radius 1 is 1.20 bits per heavy atom. The Kier molecular flexibility index (Phi) is 5.26. The number of rotatable bonds is 6. The summed E-state index contributed by atoms with van der Waals surface area (Å²) in [6, 6.07) is 4.38. The largest absolute Gasteiger partial charge is 0.504 e. The highest BCUT2D eigenvalue weighted by Crippen LogP contribution is 2.29. The van der Waals surface area contributed by atoms with E-state index in [1.54, 1.807) is 13.8 Å². The van der Waals surface area contributed by atoms with Gasteiger partial charge in [-0.2, -0.15) is 0 Å². The first-order valence-electron chi connectivity index (χ1n) is 7.54. The molecule has 0 saturated carbocycles. The van der Waals surface area contributed by atoms with Gasteiger partial charge in [0.15, 0.2) is 23.9 Å². The van der Waals surface area contributed by atoms with Crippen molar-refractivity contribution in [3.05, 3.63) is 46.3 Å². The number of hydrogen-bond donors (Lipinski definition) is 2. The van der Waals surface area contributed by atoms with Crippen LogP contribution >= 0.6 is 0 Å². The number of hydrogen-bond acceptors (Lipinski definition) is 6. The molecule has 1 heterocycles. The van der Waals surface area contributed by atoms with Gasteiger partial charge in [-0.25, -0.2) is 4.79 Å². The molecule has 0 spiro atoms. The van der Waals surface area contributed by atoms with Gasteiger partial charge in [0, 0.05) is 11.3 Å². The first-order valence-corrected chi connectivity index (χ1v) is 7.54. The molecule has 25 heavy (non-hydrogen) atoms. The number of aromatic hydroxyl groups is 1. The van der Waals surface area contributed by atoms with Crippen molar-refractivity contribution in [1.82, 2.24) is 4.98 Å². The van der Waals surface area contributed by atoms with E-state index in [0.717, 1.165) is 0 Å². The summed E-state index contributed by atoms with van der Waals surface area (Å²) in [5.74, 6) is -1.69. The van der Waals surface area contributed by atoms with Crippen molar-refractivity contribution in [3.8, 4) is 11.5 Å². The number of phenolic OH excluding ortho intramolecular Hbond substituents is 1. The number of H-pyrrole nitrogens is 1. The normalized spacial score (nSPS) is 10.4. The summed E-state index contributed by atoms with van der Waals surface area (Å²) in [4.78, 5) is 38.8. The highest BCUT2D eigenvalue weighted by atomic mass is 16.5. The van der Waals surface area contributed by atoms with Crippen molar-refractivity contribution >= 4 is 17.5 Å². The minimum atomic E-state index is -0.850. The van der Waals surface area contributed by atoms with E-state index in [2.05, 4.69) is 4.98 Å². The molecule has 0 fully saturated rings. The Labute approximate surface area is 144 Å². The Morgan fingerprint density at radius 3 is 2.44 bits per heavy atom.